The quantitative estimate of drug-likeness (QED) is 0.183. The normalized spacial score (nSPS) is 17.7. The van der Waals surface area contributed by atoms with Crippen molar-refractivity contribution in [3.63, 3.8) is 0 Å². The van der Waals surface area contributed by atoms with E-state index in [9.17, 15) is 24.2 Å². The summed E-state index contributed by atoms with van der Waals surface area (Å²) in [5.41, 5.74) is 2.32. The number of ether oxygens (including phenoxy) is 1. The number of aliphatic hydroxyl groups excluding tert-OH is 1. The molecule has 13 heteroatoms. The van der Waals surface area contributed by atoms with Crippen LogP contribution in [-0.4, -0.2) is 87.4 Å². The van der Waals surface area contributed by atoms with E-state index >= 15 is 0 Å². The molecule has 1 spiro atoms. The highest BCUT2D eigenvalue weighted by Crippen LogP contribution is 2.33. The number of likely N-dealkylation sites (tertiary alicyclic amines) is 1. The van der Waals surface area contributed by atoms with Crippen molar-refractivity contribution in [2.45, 2.75) is 57.3 Å². The van der Waals surface area contributed by atoms with Crippen LogP contribution in [0, 0.1) is 5.82 Å². The zero-order chi connectivity index (χ0) is 32.4. The number of aromatic amines is 1. The summed E-state index contributed by atoms with van der Waals surface area (Å²) in [5, 5.41) is 24.9. The number of phenols is 1. The second kappa shape index (κ2) is 13.9. The number of benzene rings is 2. The molecule has 4 aromatic rings. The van der Waals surface area contributed by atoms with E-state index in [1.807, 2.05) is 11.0 Å². The van der Waals surface area contributed by atoms with Crippen molar-refractivity contribution < 1.29 is 24.1 Å². The highest BCUT2D eigenvalue weighted by Gasteiger charge is 2.41. The fourth-order valence-electron chi connectivity index (χ4n) is 6.34. The number of nitrogens with one attached hydrogen (secondary N) is 2. The first-order chi connectivity index (χ1) is 22.1. The highest BCUT2D eigenvalue weighted by atomic mass is 32.1. The summed E-state index contributed by atoms with van der Waals surface area (Å²) < 4.78 is 21.4. The van der Waals surface area contributed by atoms with Gasteiger partial charge < -0.3 is 30.2 Å². The SMILES string of the molecule is CC(C)c1ncc(C(=O)N2CCOC3(CCN(Cc4cc(F)cc(CCNC[C@H](O)c5ccc(O)c6[nH]c(=O)sc56)c4)CC3)C2)s1. The molecule has 46 heavy (non-hydrogen) atoms. The lowest BCUT2D eigenvalue weighted by Gasteiger charge is -2.47. The van der Waals surface area contributed by atoms with E-state index in [1.165, 1.54) is 17.4 Å². The first-order valence-corrected chi connectivity index (χ1v) is 17.4. The van der Waals surface area contributed by atoms with E-state index < -0.39 is 6.10 Å². The van der Waals surface area contributed by atoms with Crippen molar-refractivity contribution in [1.82, 2.24) is 25.1 Å². The predicted molar refractivity (Wildman–Crippen MR) is 177 cm³/mol. The Bertz CT molecular complexity index is 1750. The summed E-state index contributed by atoms with van der Waals surface area (Å²) in [6.07, 6.45) is 3.02. The van der Waals surface area contributed by atoms with Crippen LogP contribution in [0.25, 0.3) is 10.2 Å². The minimum Gasteiger partial charge on any atom is -0.506 e. The largest absolute Gasteiger partial charge is 0.506 e. The number of aliphatic hydroxyl groups is 1. The van der Waals surface area contributed by atoms with E-state index in [4.69, 9.17) is 4.74 Å². The molecule has 1 atom stereocenters. The number of H-pyrrole nitrogens is 1. The number of morpholine rings is 1. The van der Waals surface area contributed by atoms with Crippen molar-refractivity contribution in [3.8, 4) is 5.75 Å². The maximum atomic E-state index is 14.6. The molecule has 10 nitrogen and oxygen atoms in total. The first-order valence-electron chi connectivity index (χ1n) is 15.7. The van der Waals surface area contributed by atoms with Gasteiger partial charge in [-0.25, -0.2) is 9.37 Å². The number of rotatable bonds is 10. The third kappa shape index (κ3) is 7.35. The van der Waals surface area contributed by atoms with Crippen molar-refractivity contribution in [2.75, 3.05) is 45.9 Å². The Morgan fingerprint density at radius 1 is 1.17 bits per heavy atom. The summed E-state index contributed by atoms with van der Waals surface area (Å²) in [7, 11) is 0. The number of carbonyl (C=O) groups is 1. The Hall–Kier alpha value is -3.20. The predicted octanol–water partition coefficient (Wildman–Crippen LogP) is 4.39. The van der Waals surface area contributed by atoms with Crippen LogP contribution in [0.1, 0.15) is 70.1 Å². The lowest BCUT2D eigenvalue weighted by atomic mass is 9.89. The third-order valence-corrected chi connectivity index (χ3v) is 11.0. The van der Waals surface area contributed by atoms with Crippen molar-refractivity contribution >= 4 is 38.8 Å². The number of carbonyl (C=O) groups excluding carboxylic acids is 1. The fourth-order valence-corrected chi connectivity index (χ4v) is 8.15. The Labute approximate surface area is 274 Å². The van der Waals surface area contributed by atoms with Gasteiger partial charge in [0.15, 0.2) is 0 Å². The number of piperidine rings is 1. The molecule has 2 aliphatic rings. The van der Waals surface area contributed by atoms with Crippen LogP contribution < -0.4 is 10.2 Å². The molecule has 2 fully saturated rings. The number of hydrogen-bond donors (Lipinski definition) is 4. The number of aromatic nitrogens is 2. The fraction of sp³-hybridized carbons (Fsp3) is 0.485. The van der Waals surface area contributed by atoms with Crippen LogP contribution in [0.15, 0.2) is 41.3 Å². The van der Waals surface area contributed by atoms with Gasteiger partial charge in [-0.2, -0.15) is 0 Å². The lowest BCUT2D eigenvalue weighted by molar-refractivity contribution is -0.127. The molecule has 6 rings (SSSR count). The Morgan fingerprint density at radius 3 is 2.72 bits per heavy atom. The number of nitrogens with zero attached hydrogens (tertiary/aromatic N) is 3. The van der Waals surface area contributed by atoms with Crippen LogP contribution in [0.3, 0.4) is 0 Å². The molecule has 246 valence electrons. The number of amides is 1. The summed E-state index contributed by atoms with van der Waals surface area (Å²) in [6.45, 7) is 8.83. The molecule has 1 amide bonds. The van der Waals surface area contributed by atoms with Crippen LogP contribution >= 0.6 is 22.7 Å². The van der Waals surface area contributed by atoms with Crippen LogP contribution in [0.2, 0.25) is 0 Å². The number of hydrogen-bond acceptors (Lipinski definition) is 10. The molecule has 0 aliphatic carbocycles. The molecule has 2 saturated heterocycles. The molecule has 2 aliphatic heterocycles. The van der Waals surface area contributed by atoms with Crippen molar-refractivity contribution in [3.05, 3.63) is 78.6 Å². The number of fused-ring (bicyclic) bond motifs is 1. The van der Waals surface area contributed by atoms with Gasteiger partial charge in [-0.3, -0.25) is 14.5 Å². The van der Waals surface area contributed by atoms with E-state index in [1.54, 1.807) is 24.4 Å². The average Bonchev–Trinajstić information content (AvgIpc) is 3.68. The van der Waals surface area contributed by atoms with Gasteiger partial charge in [0, 0.05) is 44.2 Å². The minimum atomic E-state index is -0.871. The Morgan fingerprint density at radius 2 is 1.96 bits per heavy atom. The number of aromatic hydroxyl groups is 1. The third-order valence-electron chi connectivity index (χ3n) is 8.83. The summed E-state index contributed by atoms with van der Waals surface area (Å²) in [4.78, 5) is 36.7. The maximum absolute atomic E-state index is 14.6. The van der Waals surface area contributed by atoms with Crippen LogP contribution in [0.4, 0.5) is 4.39 Å². The summed E-state index contributed by atoms with van der Waals surface area (Å²) in [6, 6.07) is 8.24. The van der Waals surface area contributed by atoms with E-state index in [-0.39, 0.29) is 34.5 Å². The van der Waals surface area contributed by atoms with Crippen LogP contribution in [0.5, 0.6) is 5.75 Å². The van der Waals surface area contributed by atoms with Gasteiger partial charge in [-0.15, -0.1) is 11.3 Å². The first kappa shape index (κ1) is 32.7. The molecule has 0 unspecified atom stereocenters. The zero-order valence-electron chi connectivity index (χ0n) is 26.1. The maximum Gasteiger partial charge on any atom is 0.305 e. The highest BCUT2D eigenvalue weighted by molar-refractivity contribution is 7.16. The molecule has 4 heterocycles. The Kier molecular flexibility index (Phi) is 9.88. The molecule has 2 aromatic carbocycles. The smallest absolute Gasteiger partial charge is 0.305 e. The molecule has 0 radical (unpaired) electrons. The standard InChI is InChI=1S/C33H40FN5O5S2/c1-20(2)30-36-17-27(45-30)31(42)39-11-12-44-33(19-39)6-9-38(10-7-33)18-22-13-21(14-23(34)15-22)5-8-35-16-26(41)24-3-4-25(40)28-29(24)46-32(43)37-28/h3-4,13-15,17,20,26,35,40-41H,5-12,16,18-19H2,1-2H3,(H,37,43)/t26-/m0/s1. The molecule has 4 N–H and O–H groups in total. The summed E-state index contributed by atoms with van der Waals surface area (Å²) >= 11 is 2.43. The molecule has 2 aromatic heterocycles. The minimum absolute atomic E-state index is 0.0300. The van der Waals surface area contributed by atoms with E-state index in [0.717, 1.165) is 53.4 Å². The topological polar surface area (TPSA) is 131 Å². The van der Waals surface area contributed by atoms with Crippen molar-refractivity contribution in [2.24, 2.45) is 0 Å². The van der Waals surface area contributed by atoms with E-state index in [0.29, 0.717) is 65.8 Å². The monoisotopic (exact) mass is 669 g/mol. The zero-order valence-corrected chi connectivity index (χ0v) is 27.7. The van der Waals surface area contributed by atoms with Gasteiger partial charge in [0.2, 0.25) is 0 Å². The van der Waals surface area contributed by atoms with Gasteiger partial charge >= 0.3 is 4.87 Å². The molecule has 0 saturated carbocycles. The lowest BCUT2D eigenvalue weighted by Crippen LogP contribution is -2.57. The van der Waals surface area contributed by atoms with Gasteiger partial charge in [-0.1, -0.05) is 37.3 Å². The van der Waals surface area contributed by atoms with Crippen LogP contribution in [-0.2, 0) is 17.7 Å². The molecular formula is C33H40FN5O5S2. The van der Waals surface area contributed by atoms with Gasteiger partial charge in [-0.05, 0) is 55.1 Å². The second-order valence-electron chi connectivity index (χ2n) is 12.6. The van der Waals surface area contributed by atoms with Gasteiger partial charge in [0.1, 0.15) is 22.0 Å². The van der Waals surface area contributed by atoms with Crippen molar-refractivity contribution in [1.29, 1.82) is 0 Å². The number of phenolic OH excluding ortho intramolecular Hbond substituents is 1. The van der Waals surface area contributed by atoms with E-state index in [2.05, 4.69) is 34.0 Å². The average molecular weight is 670 g/mol. The molecule has 0 bridgehead atoms. The van der Waals surface area contributed by atoms with Gasteiger partial charge in [0.05, 0.1) is 40.8 Å². The Balaban J connectivity index is 0.989. The summed E-state index contributed by atoms with van der Waals surface area (Å²) in [5.74, 6) is 0.0180. The number of thiazole rings is 2. The molecular weight excluding hydrogens is 630 g/mol. The van der Waals surface area contributed by atoms with Gasteiger partial charge in [0.25, 0.3) is 5.91 Å². The number of halogens is 1. The second-order valence-corrected chi connectivity index (χ2v) is 14.6.